The van der Waals surface area contributed by atoms with E-state index in [1.165, 1.54) is 6.42 Å². The first-order valence-corrected chi connectivity index (χ1v) is 13.5. The molecule has 0 saturated carbocycles. The summed E-state index contributed by atoms with van der Waals surface area (Å²) < 4.78 is 1.13. The molecule has 0 unspecified atom stereocenters. The lowest BCUT2D eigenvalue weighted by molar-refractivity contribution is 0.0546. The van der Waals surface area contributed by atoms with E-state index in [-0.39, 0.29) is 18.6 Å². The van der Waals surface area contributed by atoms with Crippen LogP contribution in [-0.2, 0) is 6.54 Å². The van der Waals surface area contributed by atoms with Crippen molar-refractivity contribution in [2.75, 3.05) is 26.2 Å². The van der Waals surface area contributed by atoms with E-state index >= 15 is 0 Å². The minimum Gasteiger partial charge on any atom is -0.396 e. The molecule has 0 aliphatic carbocycles. The van der Waals surface area contributed by atoms with Gasteiger partial charge in [-0.15, -0.1) is 0 Å². The van der Waals surface area contributed by atoms with Gasteiger partial charge >= 0.3 is 0 Å². The molecule has 1 fully saturated rings. The average Bonchev–Trinajstić information content (AvgIpc) is 2.85. The van der Waals surface area contributed by atoms with Crippen LogP contribution in [0.1, 0.15) is 67.4 Å². The number of unbranched alkanes of at least 4 members (excludes halogenated alkanes) is 1. The molecule has 0 radical (unpaired) electrons. The van der Waals surface area contributed by atoms with Crippen LogP contribution in [0.5, 0.6) is 0 Å². The van der Waals surface area contributed by atoms with Crippen molar-refractivity contribution >= 4 is 28.5 Å². The molecule has 0 aromatic heterocycles. The van der Waals surface area contributed by atoms with Gasteiger partial charge in [0.2, 0.25) is 0 Å². The molecular weight excluding hydrogens is 535 g/mol. The Balaban J connectivity index is 1.75. The third-order valence-corrected chi connectivity index (χ3v) is 7.06. The summed E-state index contributed by atoms with van der Waals surface area (Å²) in [5, 5.41) is 8.95. The predicted octanol–water partition coefficient (Wildman–Crippen LogP) is 5.57. The highest BCUT2D eigenvalue weighted by molar-refractivity contribution is 14.1. The number of hydrogen-bond acceptors (Lipinski definition) is 3. The molecule has 0 spiro atoms. The van der Waals surface area contributed by atoms with Crippen molar-refractivity contribution in [3.8, 4) is 11.8 Å². The molecule has 34 heavy (non-hydrogen) atoms. The molecule has 1 N–H and O–H groups in total. The zero-order valence-corrected chi connectivity index (χ0v) is 22.6. The molecule has 1 heterocycles. The molecule has 2 aromatic rings. The zero-order chi connectivity index (χ0) is 24.3. The molecule has 2 aromatic carbocycles. The fraction of sp³-hybridized carbons (Fsp3) is 0.483. The van der Waals surface area contributed by atoms with Crippen molar-refractivity contribution in [2.24, 2.45) is 5.92 Å². The van der Waals surface area contributed by atoms with Gasteiger partial charge in [-0.1, -0.05) is 37.8 Å². The summed E-state index contributed by atoms with van der Waals surface area (Å²) in [4.78, 5) is 18.3. The lowest BCUT2D eigenvalue weighted by atomic mass is 9.99. The highest BCUT2D eigenvalue weighted by atomic mass is 127. The highest BCUT2D eigenvalue weighted by Gasteiger charge is 2.28. The van der Waals surface area contributed by atoms with E-state index < -0.39 is 0 Å². The third-order valence-electron chi connectivity index (χ3n) is 6.35. The minimum atomic E-state index is 0.108. The number of carbonyl (C=O) groups excluding carboxylic acids is 1. The van der Waals surface area contributed by atoms with E-state index in [1.807, 2.05) is 36.4 Å². The van der Waals surface area contributed by atoms with Crippen molar-refractivity contribution in [1.82, 2.24) is 9.80 Å². The Morgan fingerprint density at radius 1 is 1.18 bits per heavy atom. The maximum absolute atomic E-state index is 13.6. The molecule has 0 bridgehead atoms. The highest BCUT2D eigenvalue weighted by Crippen LogP contribution is 2.23. The van der Waals surface area contributed by atoms with Gasteiger partial charge in [0.15, 0.2) is 0 Å². The smallest absolute Gasteiger partial charge is 0.254 e. The number of amides is 1. The van der Waals surface area contributed by atoms with Gasteiger partial charge in [-0.25, -0.2) is 0 Å². The number of benzene rings is 2. The topological polar surface area (TPSA) is 43.8 Å². The summed E-state index contributed by atoms with van der Waals surface area (Å²) in [5.41, 5.74) is 2.82. The van der Waals surface area contributed by atoms with E-state index in [2.05, 4.69) is 70.2 Å². The first kappa shape index (κ1) is 26.7. The van der Waals surface area contributed by atoms with Gasteiger partial charge in [-0.05, 0) is 103 Å². The summed E-state index contributed by atoms with van der Waals surface area (Å²) in [5.74, 6) is 7.15. The zero-order valence-electron chi connectivity index (χ0n) is 20.5. The SMILES string of the molecule is CC(C)CCN1CCC(N(Cc2cccc(C#CCCCO)c2)C(=O)c2ccc(I)cc2)CC1. The number of rotatable bonds is 9. The molecule has 182 valence electrons. The maximum Gasteiger partial charge on any atom is 0.254 e. The molecule has 3 rings (SSSR count). The van der Waals surface area contributed by atoms with Crippen LogP contribution in [0.25, 0.3) is 0 Å². The van der Waals surface area contributed by atoms with Gasteiger partial charge in [-0.2, -0.15) is 0 Å². The Labute approximate surface area is 218 Å². The first-order valence-electron chi connectivity index (χ1n) is 12.4. The number of piperidine rings is 1. The summed E-state index contributed by atoms with van der Waals surface area (Å²) in [6, 6.07) is 16.3. The Bertz CT molecular complexity index is 970. The first-order chi connectivity index (χ1) is 16.5. The van der Waals surface area contributed by atoms with Gasteiger partial charge in [0.05, 0.1) is 0 Å². The van der Waals surface area contributed by atoms with Crippen molar-refractivity contribution in [2.45, 2.75) is 58.5 Å². The van der Waals surface area contributed by atoms with E-state index in [9.17, 15) is 4.79 Å². The van der Waals surface area contributed by atoms with Crippen LogP contribution in [0.4, 0.5) is 0 Å². The summed E-state index contributed by atoms with van der Waals surface area (Å²) in [6.07, 6.45) is 4.63. The fourth-order valence-corrected chi connectivity index (χ4v) is 4.66. The van der Waals surface area contributed by atoms with E-state index in [1.54, 1.807) is 0 Å². The van der Waals surface area contributed by atoms with E-state index in [0.717, 1.165) is 58.7 Å². The molecule has 4 nitrogen and oxygen atoms in total. The van der Waals surface area contributed by atoms with Gasteiger partial charge in [0.1, 0.15) is 0 Å². The number of likely N-dealkylation sites (tertiary alicyclic amines) is 1. The Hall–Kier alpha value is -1.88. The van der Waals surface area contributed by atoms with Gasteiger partial charge in [0, 0.05) is 53.4 Å². The summed E-state index contributed by atoms with van der Waals surface area (Å²) in [7, 11) is 0. The molecule has 1 aliphatic heterocycles. The van der Waals surface area contributed by atoms with Crippen LogP contribution in [0.15, 0.2) is 48.5 Å². The maximum atomic E-state index is 13.6. The molecular formula is C29H37IN2O2. The van der Waals surface area contributed by atoms with Gasteiger partial charge in [-0.3, -0.25) is 4.79 Å². The Morgan fingerprint density at radius 2 is 1.91 bits per heavy atom. The van der Waals surface area contributed by atoms with Crippen molar-refractivity contribution in [3.63, 3.8) is 0 Å². The lowest BCUT2D eigenvalue weighted by Crippen LogP contribution is -2.47. The van der Waals surface area contributed by atoms with Gasteiger partial charge < -0.3 is 14.9 Å². The molecule has 1 aliphatic rings. The van der Waals surface area contributed by atoms with Crippen LogP contribution < -0.4 is 0 Å². The second-order valence-corrected chi connectivity index (χ2v) is 10.8. The number of halogens is 1. The standard InChI is InChI=1S/C29H37IN2O2/c1-23(2)14-17-31-18-15-28(16-19-31)32(29(34)26-10-12-27(30)13-11-26)22-25-9-6-8-24(21-25)7-4-3-5-20-33/h6,8-13,21,23,28,33H,3,5,14-20,22H2,1-2H3. The van der Waals surface area contributed by atoms with Crippen LogP contribution in [0.2, 0.25) is 0 Å². The largest absolute Gasteiger partial charge is 0.396 e. The molecule has 0 atom stereocenters. The second kappa shape index (κ2) is 13.9. The minimum absolute atomic E-state index is 0.108. The molecule has 1 amide bonds. The Morgan fingerprint density at radius 3 is 2.59 bits per heavy atom. The van der Waals surface area contributed by atoms with Crippen LogP contribution >= 0.6 is 22.6 Å². The normalized spacial score (nSPS) is 14.6. The number of nitrogens with zero attached hydrogens (tertiary/aromatic N) is 2. The van der Waals surface area contributed by atoms with Crippen LogP contribution in [0.3, 0.4) is 0 Å². The summed E-state index contributed by atoms with van der Waals surface area (Å²) in [6.45, 7) is 8.55. The monoisotopic (exact) mass is 572 g/mol. The number of carbonyl (C=O) groups is 1. The Kier molecular flexibility index (Phi) is 10.9. The van der Waals surface area contributed by atoms with E-state index in [0.29, 0.717) is 19.4 Å². The van der Waals surface area contributed by atoms with Gasteiger partial charge in [0.25, 0.3) is 5.91 Å². The summed E-state index contributed by atoms with van der Waals surface area (Å²) >= 11 is 2.28. The second-order valence-electron chi connectivity index (χ2n) is 9.52. The van der Waals surface area contributed by atoms with Crippen molar-refractivity contribution in [1.29, 1.82) is 0 Å². The lowest BCUT2D eigenvalue weighted by Gasteiger charge is -2.39. The molecule has 5 heteroatoms. The van der Waals surface area contributed by atoms with Crippen molar-refractivity contribution in [3.05, 3.63) is 68.8 Å². The number of aliphatic hydroxyl groups is 1. The quantitative estimate of drug-likeness (QED) is 0.243. The average molecular weight is 573 g/mol. The third kappa shape index (κ3) is 8.41. The van der Waals surface area contributed by atoms with Crippen molar-refractivity contribution < 1.29 is 9.90 Å². The fourth-order valence-electron chi connectivity index (χ4n) is 4.30. The van der Waals surface area contributed by atoms with Crippen LogP contribution in [0, 0.1) is 21.3 Å². The number of hydrogen-bond donors (Lipinski definition) is 1. The number of aliphatic hydroxyl groups excluding tert-OH is 1. The van der Waals surface area contributed by atoms with Crippen LogP contribution in [-0.4, -0.2) is 53.1 Å². The van der Waals surface area contributed by atoms with E-state index in [4.69, 9.17) is 5.11 Å². The molecule has 1 saturated heterocycles. The predicted molar refractivity (Wildman–Crippen MR) is 148 cm³/mol.